The van der Waals surface area contributed by atoms with Crippen molar-refractivity contribution in [2.24, 2.45) is 23.7 Å². The molecule has 3 nitrogen and oxygen atoms in total. The molecule has 4 aliphatic rings. The molecule has 2 amide bonds. The average Bonchev–Trinajstić information content (AvgIpc) is 2.77. The maximum Gasteiger partial charge on any atom is 0.238 e. The largest absolute Gasteiger partial charge is 0.274 e. The van der Waals surface area contributed by atoms with Gasteiger partial charge in [-0.05, 0) is 49.3 Å². The molecule has 0 aromatic heterocycles. The number of allylic oxidation sites excluding steroid dienone is 2. The van der Waals surface area contributed by atoms with Crippen LogP contribution in [-0.2, 0) is 9.59 Å². The van der Waals surface area contributed by atoms with Crippen molar-refractivity contribution in [1.82, 2.24) is 0 Å². The quantitative estimate of drug-likeness (QED) is 0.588. The van der Waals surface area contributed by atoms with Crippen molar-refractivity contribution in [3.05, 3.63) is 41.7 Å². The number of hydrogen-bond donors (Lipinski definition) is 0. The minimum absolute atomic E-state index is 0.110. The van der Waals surface area contributed by atoms with Gasteiger partial charge in [-0.25, -0.2) is 9.29 Å². The van der Waals surface area contributed by atoms with Crippen molar-refractivity contribution in [2.75, 3.05) is 4.90 Å². The van der Waals surface area contributed by atoms with Gasteiger partial charge in [0.15, 0.2) is 0 Å². The zero-order chi connectivity index (χ0) is 14.7. The second kappa shape index (κ2) is 4.26. The van der Waals surface area contributed by atoms with Gasteiger partial charge in [-0.3, -0.25) is 9.59 Å². The molecule has 2 bridgehead atoms. The molecule has 4 atom stereocenters. The van der Waals surface area contributed by atoms with Crippen LogP contribution >= 0.6 is 0 Å². The number of rotatable bonds is 1. The van der Waals surface area contributed by atoms with Gasteiger partial charge in [-0.1, -0.05) is 18.2 Å². The van der Waals surface area contributed by atoms with E-state index in [9.17, 15) is 14.0 Å². The van der Waals surface area contributed by atoms with Gasteiger partial charge in [0.2, 0.25) is 11.8 Å². The van der Waals surface area contributed by atoms with E-state index in [1.54, 1.807) is 12.1 Å². The van der Waals surface area contributed by atoms with E-state index in [1.807, 2.05) is 6.92 Å². The molecule has 1 heterocycles. The van der Waals surface area contributed by atoms with Crippen LogP contribution in [0.15, 0.2) is 30.4 Å². The summed E-state index contributed by atoms with van der Waals surface area (Å²) in [6.07, 6.45) is 6.03. The van der Waals surface area contributed by atoms with Crippen LogP contribution in [0, 0.1) is 36.4 Å². The maximum atomic E-state index is 14.1. The van der Waals surface area contributed by atoms with Gasteiger partial charge < -0.3 is 0 Å². The highest BCUT2D eigenvalue weighted by Gasteiger charge is 2.57. The van der Waals surface area contributed by atoms with Crippen LogP contribution < -0.4 is 4.90 Å². The van der Waals surface area contributed by atoms with E-state index in [2.05, 4.69) is 12.2 Å². The first-order chi connectivity index (χ1) is 10.1. The molecule has 21 heavy (non-hydrogen) atoms. The number of carbonyl (C=O) groups excluding carboxylic acids is 2. The standard InChI is InChI=1S/C17H16FNO2/c1-9-2-7-12(18)13(8-9)19-16(20)14-10-3-4-11(6-5-10)15(14)17(19)21/h2-4,7-8,10-11,14-15H,5-6H2,1H3/t10-,11-,14+,15+/m0/s1. The molecule has 0 unspecified atom stereocenters. The summed E-state index contributed by atoms with van der Waals surface area (Å²) >= 11 is 0. The third kappa shape index (κ3) is 1.65. The summed E-state index contributed by atoms with van der Waals surface area (Å²) < 4.78 is 14.1. The Balaban J connectivity index is 1.80. The van der Waals surface area contributed by atoms with E-state index in [4.69, 9.17) is 0 Å². The summed E-state index contributed by atoms with van der Waals surface area (Å²) in [6.45, 7) is 1.83. The van der Waals surface area contributed by atoms with Crippen LogP contribution in [-0.4, -0.2) is 11.8 Å². The van der Waals surface area contributed by atoms with Crippen molar-refractivity contribution in [3.8, 4) is 0 Å². The number of hydrogen-bond acceptors (Lipinski definition) is 2. The molecule has 0 radical (unpaired) electrons. The molecule has 108 valence electrons. The van der Waals surface area contributed by atoms with E-state index < -0.39 is 5.82 Å². The van der Waals surface area contributed by atoms with Gasteiger partial charge in [-0.15, -0.1) is 0 Å². The molecule has 0 N–H and O–H groups in total. The number of carbonyl (C=O) groups is 2. The Morgan fingerprint density at radius 3 is 2.14 bits per heavy atom. The number of amides is 2. The smallest absolute Gasteiger partial charge is 0.238 e. The zero-order valence-electron chi connectivity index (χ0n) is 11.8. The highest BCUT2D eigenvalue weighted by Crippen LogP contribution is 2.50. The Kier molecular flexibility index (Phi) is 2.59. The van der Waals surface area contributed by atoms with Crippen LogP contribution in [0.5, 0.6) is 0 Å². The molecule has 1 saturated heterocycles. The van der Waals surface area contributed by atoms with E-state index in [1.165, 1.54) is 6.07 Å². The second-order valence-electron chi connectivity index (χ2n) is 6.31. The molecular weight excluding hydrogens is 269 g/mol. The topological polar surface area (TPSA) is 37.4 Å². The first kappa shape index (κ1) is 12.7. The first-order valence-electron chi connectivity index (χ1n) is 7.40. The third-order valence-electron chi connectivity index (χ3n) is 5.10. The summed E-state index contributed by atoms with van der Waals surface area (Å²) in [7, 11) is 0. The fourth-order valence-corrected chi connectivity index (χ4v) is 4.11. The zero-order valence-corrected chi connectivity index (χ0v) is 11.8. The molecular formula is C17H16FNO2. The number of imide groups is 1. The van der Waals surface area contributed by atoms with Gasteiger partial charge in [0, 0.05) is 0 Å². The van der Waals surface area contributed by atoms with Crippen molar-refractivity contribution in [3.63, 3.8) is 0 Å². The Bertz CT molecular complexity index is 649. The molecule has 3 aliphatic carbocycles. The minimum Gasteiger partial charge on any atom is -0.274 e. The van der Waals surface area contributed by atoms with E-state index >= 15 is 0 Å². The van der Waals surface area contributed by atoms with Crippen LogP contribution in [0.2, 0.25) is 0 Å². The van der Waals surface area contributed by atoms with Crippen LogP contribution in [0.4, 0.5) is 10.1 Å². The van der Waals surface area contributed by atoms with Crippen LogP contribution in [0.1, 0.15) is 18.4 Å². The molecule has 0 spiro atoms. The number of anilines is 1. The average molecular weight is 285 g/mol. The van der Waals surface area contributed by atoms with Crippen molar-refractivity contribution < 1.29 is 14.0 Å². The van der Waals surface area contributed by atoms with Gasteiger partial charge in [-0.2, -0.15) is 0 Å². The first-order valence-corrected chi connectivity index (χ1v) is 7.40. The SMILES string of the molecule is Cc1ccc(F)c(N2C(=O)[C@H]3[C@H](C2=O)[C@H]2C=C[C@H]3CC2)c1. The number of nitrogens with zero attached hydrogens (tertiary/aromatic N) is 1. The number of aryl methyl sites for hydroxylation is 1. The molecule has 1 aromatic rings. The Hall–Kier alpha value is -1.97. The summed E-state index contributed by atoms with van der Waals surface area (Å²) in [6, 6.07) is 4.54. The maximum absolute atomic E-state index is 14.1. The number of fused-ring (bicyclic) bond motifs is 1. The van der Waals surface area contributed by atoms with Crippen molar-refractivity contribution in [2.45, 2.75) is 19.8 Å². The van der Waals surface area contributed by atoms with Gasteiger partial charge >= 0.3 is 0 Å². The fourth-order valence-electron chi connectivity index (χ4n) is 4.11. The highest BCUT2D eigenvalue weighted by molar-refractivity contribution is 6.22. The molecule has 1 saturated carbocycles. The second-order valence-corrected chi connectivity index (χ2v) is 6.31. The number of halogens is 1. The van der Waals surface area contributed by atoms with Gasteiger partial charge in [0.1, 0.15) is 5.82 Å². The minimum atomic E-state index is -0.513. The summed E-state index contributed by atoms with van der Waals surface area (Å²) in [5.74, 6) is -1.28. The van der Waals surface area contributed by atoms with E-state index in [-0.39, 0.29) is 41.2 Å². The lowest BCUT2D eigenvalue weighted by molar-refractivity contribution is -0.124. The number of benzene rings is 1. The fraction of sp³-hybridized carbons (Fsp3) is 0.412. The monoisotopic (exact) mass is 285 g/mol. The lowest BCUT2D eigenvalue weighted by Gasteiger charge is -2.38. The molecule has 5 rings (SSSR count). The van der Waals surface area contributed by atoms with Crippen molar-refractivity contribution in [1.29, 1.82) is 0 Å². The van der Waals surface area contributed by atoms with Gasteiger partial charge in [0.05, 0.1) is 17.5 Å². The Morgan fingerprint density at radius 1 is 1.05 bits per heavy atom. The normalized spacial score (nSPS) is 33.7. The lowest BCUT2D eigenvalue weighted by atomic mass is 9.63. The predicted molar refractivity (Wildman–Crippen MR) is 76.0 cm³/mol. The summed E-state index contributed by atoms with van der Waals surface area (Å²) in [5, 5.41) is 0. The third-order valence-corrected chi connectivity index (χ3v) is 5.10. The molecule has 1 aliphatic heterocycles. The van der Waals surface area contributed by atoms with Crippen LogP contribution in [0.3, 0.4) is 0 Å². The Labute approximate surface area is 122 Å². The summed E-state index contributed by atoms with van der Waals surface area (Å²) in [5.41, 5.74) is 0.946. The molecule has 2 fully saturated rings. The Morgan fingerprint density at radius 2 is 1.62 bits per heavy atom. The van der Waals surface area contributed by atoms with Crippen molar-refractivity contribution >= 4 is 17.5 Å². The summed E-state index contributed by atoms with van der Waals surface area (Å²) in [4.78, 5) is 26.5. The van der Waals surface area contributed by atoms with Gasteiger partial charge in [0.25, 0.3) is 0 Å². The lowest BCUT2D eigenvalue weighted by Crippen LogP contribution is -2.38. The van der Waals surface area contributed by atoms with Crippen LogP contribution in [0.25, 0.3) is 0 Å². The predicted octanol–water partition coefficient (Wildman–Crippen LogP) is 2.84. The van der Waals surface area contributed by atoms with E-state index in [0.717, 1.165) is 23.3 Å². The molecule has 4 heteroatoms. The van der Waals surface area contributed by atoms with E-state index in [0.29, 0.717) is 0 Å². The molecule has 1 aromatic carbocycles. The highest BCUT2D eigenvalue weighted by atomic mass is 19.1.